The van der Waals surface area contributed by atoms with E-state index < -0.39 is 22.5 Å². The maximum Gasteiger partial charge on any atom is 0.418 e. The first kappa shape index (κ1) is 28.7. The first-order valence-electron chi connectivity index (χ1n) is 13.2. The van der Waals surface area contributed by atoms with Gasteiger partial charge in [-0.25, -0.2) is 4.98 Å². The summed E-state index contributed by atoms with van der Waals surface area (Å²) in [5, 5.41) is 6.64. The van der Waals surface area contributed by atoms with Crippen LogP contribution in [0.1, 0.15) is 31.0 Å². The number of fused-ring (bicyclic) bond motifs is 1. The van der Waals surface area contributed by atoms with E-state index in [0.29, 0.717) is 53.2 Å². The molecule has 1 fully saturated rings. The zero-order valence-electron chi connectivity index (χ0n) is 23.2. The van der Waals surface area contributed by atoms with Crippen LogP contribution in [0.5, 0.6) is 0 Å². The zero-order chi connectivity index (χ0) is 29.5. The molecule has 2 aromatic carbocycles. The highest BCUT2D eigenvalue weighted by Crippen LogP contribution is 2.39. The number of hydrogen-bond acceptors (Lipinski definition) is 7. The van der Waals surface area contributed by atoms with Gasteiger partial charge in [0.2, 0.25) is 5.95 Å². The van der Waals surface area contributed by atoms with E-state index in [-0.39, 0.29) is 28.9 Å². The number of aromatic nitrogens is 3. The third kappa shape index (κ3) is 5.84. The first-order chi connectivity index (χ1) is 19.4. The molecule has 0 saturated carbocycles. The van der Waals surface area contributed by atoms with E-state index in [1.54, 1.807) is 46.2 Å². The minimum absolute atomic E-state index is 0.0710. The average Bonchev–Trinajstić information content (AvgIpc) is 2.93. The number of pyridine rings is 1. The summed E-state index contributed by atoms with van der Waals surface area (Å²) in [6.45, 7) is 7.79. The second-order valence-corrected chi connectivity index (χ2v) is 11.7. The maximum atomic E-state index is 14.0. The summed E-state index contributed by atoms with van der Waals surface area (Å²) in [4.78, 5) is 25.0. The van der Waals surface area contributed by atoms with E-state index in [9.17, 15) is 22.2 Å². The Bertz CT molecular complexity index is 1700. The molecule has 0 amide bonds. The average molecular weight is 585 g/mol. The number of hydrogen-bond donors (Lipinski definition) is 2. The van der Waals surface area contributed by atoms with Crippen molar-refractivity contribution in [2.24, 2.45) is 0 Å². The van der Waals surface area contributed by atoms with Gasteiger partial charge in [0.25, 0.3) is 5.56 Å². The van der Waals surface area contributed by atoms with Crippen molar-refractivity contribution in [3.05, 3.63) is 70.1 Å². The molecule has 41 heavy (non-hydrogen) atoms. The minimum atomic E-state index is -4.55. The molecule has 2 aromatic heterocycles. The van der Waals surface area contributed by atoms with E-state index in [1.165, 1.54) is 6.07 Å². The van der Waals surface area contributed by atoms with E-state index >= 15 is 0 Å². The Morgan fingerprint density at radius 2 is 1.78 bits per heavy atom. The van der Waals surface area contributed by atoms with E-state index in [4.69, 9.17) is 0 Å². The highest BCUT2D eigenvalue weighted by molar-refractivity contribution is 7.84. The topological polar surface area (TPSA) is 92.2 Å². The quantitative estimate of drug-likeness (QED) is 0.320. The maximum absolute atomic E-state index is 14.0. The SMILES string of the molecule is Cc1ccc(S(C)=O)cc1-c1cc2cnc(Nc3ccc(N4CCNCC4)c(C(F)(F)F)c3)nc2n(C(C)C)c1=O. The number of rotatable bonds is 6. The number of nitrogens with zero attached hydrogens (tertiary/aromatic N) is 4. The summed E-state index contributed by atoms with van der Waals surface area (Å²) < 4.78 is 55.8. The van der Waals surface area contributed by atoms with Crippen molar-refractivity contribution in [1.82, 2.24) is 19.9 Å². The van der Waals surface area contributed by atoms with E-state index in [1.807, 2.05) is 26.8 Å². The summed E-state index contributed by atoms with van der Waals surface area (Å²) >= 11 is 0. The second-order valence-electron chi connectivity index (χ2n) is 10.3. The number of nitrogens with one attached hydrogen (secondary N) is 2. The Morgan fingerprint density at radius 3 is 2.44 bits per heavy atom. The molecule has 0 spiro atoms. The van der Waals surface area contributed by atoms with Gasteiger partial charge in [-0.2, -0.15) is 18.2 Å². The monoisotopic (exact) mass is 584 g/mol. The van der Waals surface area contributed by atoms with Crippen molar-refractivity contribution in [2.45, 2.75) is 37.9 Å². The third-order valence-electron chi connectivity index (χ3n) is 7.14. The predicted octanol–water partition coefficient (Wildman–Crippen LogP) is 5.26. The van der Waals surface area contributed by atoms with Gasteiger partial charge in [0, 0.05) is 82.7 Å². The van der Waals surface area contributed by atoms with Gasteiger partial charge >= 0.3 is 6.18 Å². The van der Waals surface area contributed by atoms with Crippen molar-refractivity contribution < 1.29 is 17.4 Å². The standard InChI is InChI=1S/C29H31F3N6O2S/c1-17(2)38-26-19(13-23(27(38)39)22-15-21(41(4)40)7-5-18(22)3)16-34-28(36-26)35-20-6-8-25(24(14-20)29(30,31)32)37-11-9-33-10-12-37/h5-8,13-17,33H,9-12H2,1-4H3,(H,34,35,36). The van der Waals surface area contributed by atoms with Gasteiger partial charge in [0.15, 0.2) is 0 Å². The van der Waals surface area contributed by atoms with Crippen LogP contribution in [0.25, 0.3) is 22.2 Å². The fourth-order valence-electron chi connectivity index (χ4n) is 5.07. The molecular formula is C29H31F3N6O2S. The van der Waals surface area contributed by atoms with Crippen molar-refractivity contribution in [2.75, 3.05) is 42.7 Å². The van der Waals surface area contributed by atoms with Crippen molar-refractivity contribution >= 4 is 39.2 Å². The van der Waals surface area contributed by atoms with Gasteiger partial charge < -0.3 is 15.5 Å². The summed E-state index contributed by atoms with van der Waals surface area (Å²) in [5.74, 6) is 0.0710. The van der Waals surface area contributed by atoms with Crippen LogP contribution in [0.4, 0.5) is 30.5 Å². The summed E-state index contributed by atoms with van der Waals surface area (Å²) in [6.07, 6.45) is -1.42. The van der Waals surface area contributed by atoms with Crippen LogP contribution in [0.3, 0.4) is 0 Å². The highest BCUT2D eigenvalue weighted by atomic mass is 32.2. The lowest BCUT2D eigenvalue weighted by Crippen LogP contribution is -2.44. The van der Waals surface area contributed by atoms with Gasteiger partial charge in [-0.1, -0.05) is 6.07 Å². The molecule has 1 unspecified atom stereocenters. The van der Waals surface area contributed by atoms with Gasteiger partial charge in [-0.15, -0.1) is 0 Å². The number of piperazine rings is 1. The molecule has 1 aliphatic rings. The molecule has 0 bridgehead atoms. The molecular weight excluding hydrogens is 553 g/mol. The molecule has 216 valence electrons. The second kappa shape index (κ2) is 11.2. The van der Waals surface area contributed by atoms with Crippen molar-refractivity contribution in [3.63, 3.8) is 0 Å². The molecule has 0 radical (unpaired) electrons. The Morgan fingerprint density at radius 1 is 1.05 bits per heavy atom. The van der Waals surface area contributed by atoms with Crippen molar-refractivity contribution in [3.8, 4) is 11.1 Å². The van der Waals surface area contributed by atoms with Gasteiger partial charge in [-0.3, -0.25) is 13.6 Å². The lowest BCUT2D eigenvalue weighted by Gasteiger charge is -2.31. The van der Waals surface area contributed by atoms with E-state index in [2.05, 4.69) is 20.6 Å². The van der Waals surface area contributed by atoms with Gasteiger partial charge in [0.1, 0.15) is 5.65 Å². The fourth-order valence-corrected chi connectivity index (χ4v) is 5.62. The van der Waals surface area contributed by atoms with Crippen LogP contribution in [-0.4, -0.2) is 51.2 Å². The molecule has 5 rings (SSSR count). The minimum Gasteiger partial charge on any atom is -0.368 e. The number of halogens is 3. The smallest absolute Gasteiger partial charge is 0.368 e. The highest BCUT2D eigenvalue weighted by Gasteiger charge is 2.35. The Balaban J connectivity index is 1.57. The molecule has 4 aromatic rings. The van der Waals surface area contributed by atoms with Crippen LogP contribution in [0.15, 0.2) is 58.4 Å². The Labute approximate surface area is 238 Å². The molecule has 1 saturated heterocycles. The zero-order valence-corrected chi connectivity index (χ0v) is 24.0. The summed E-state index contributed by atoms with van der Waals surface area (Å²) in [5.41, 5.74) is 1.62. The molecule has 3 heterocycles. The first-order valence-corrected chi connectivity index (χ1v) is 14.8. The van der Waals surface area contributed by atoms with E-state index in [0.717, 1.165) is 11.6 Å². The lowest BCUT2D eigenvalue weighted by atomic mass is 10.0. The third-order valence-corrected chi connectivity index (χ3v) is 8.05. The summed E-state index contributed by atoms with van der Waals surface area (Å²) in [6, 6.07) is 10.9. The molecule has 12 heteroatoms. The Hall–Kier alpha value is -3.77. The predicted molar refractivity (Wildman–Crippen MR) is 156 cm³/mol. The molecule has 1 atom stereocenters. The summed E-state index contributed by atoms with van der Waals surface area (Å²) in [7, 11) is -1.22. The molecule has 8 nitrogen and oxygen atoms in total. The number of benzene rings is 2. The van der Waals surface area contributed by atoms with Crippen LogP contribution in [0.2, 0.25) is 0 Å². The Kier molecular flexibility index (Phi) is 7.89. The molecule has 2 N–H and O–H groups in total. The van der Waals surface area contributed by atoms with Crippen LogP contribution >= 0.6 is 0 Å². The normalized spacial score (nSPS) is 15.0. The fraction of sp³-hybridized carbons (Fsp3) is 0.345. The molecule has 1 aliphatic heterocycles. The van der Waals surface area contributed by atoms with Crippen LogP contribution < -0.4 is 21.1 Å². The van der Waals surface area contributed by atoms with Gasteiger partial charge in [0.05, 0.1) is 5.56 Å². The molecule has 0 aliphatic carbocycles. The van der Waals surface area contributed by atoms with Crippen molar-refractivity contribution in [1.29, 1.82) is 0 Å². The van der Waals surface area contributed by atoms with Gasteiger partial charge in [-0.05, 0) is 68.3 Å². The lowest BCUT2D eigenvalue weighted by molar-refractivity contribution is -0.137. The number of alkyl halides is 3. The van der Waals surface area contributed by atoms with Crippen LogP contribution in [0, 0.1) is 6.92 Å². The largest absolute Gasteiger partial charge is 0.418 e. The number of aryl methyl sites for hydroxylation is 1. The van der Waals surface area contributed by atoms with Crippen LogP contribution in [-0.2, 0) is 17.0 Å². The number of anilines is 3.